The quantitative estimate of drug-likeness (QED) is 0.189. The van der Waals surface area contributed by atoms with Crippen LogP contribution in [-0.4, -0.2) is 77.5 Å². The van der Waals surface area contributed by atoms with E-state index >= 15 is 0 Å². The molecular formula is C31H50N6O6. The van der Waals surface area contributed by atoms with Crippen LogP contribution >= 0.6 is 0 Å². The highest BCUT2D eigenvalue weighted by atomic mass is 16.6. The Hall–Kier alpha value is -3.67. The zero-order valence-electron chi connectivity index (χ0n) is 26.2. The normalized spacial score (nSPS) is 17.1. The van der Waals surface area contributed by atoms with E-state index in [2.05, 4.69) is 16.0 Å². The summed E-state index contributed by atoms with van der Waals surface area (Å²) < 4.78 is 5.19. The predicted molar refractivity (Wildman–Crippen MR) is 163 cm³/mol. The van der Waals surface area contributed by atoms with E-state index in [4.69, 9.17) is 16.2 Å². The SMILES string of the molecule is CC(C)C[C@H](NC(=O)[C@@H](N)Cc1ccccc1)C(=O)N1CCC[C@H]1C(=O)N[C@@H](CCCCNC(=O)OC(C)(C)C)C(N)=O. The number of rotatable bonds is 15. The van der Waals surface area contributed by atoms with E-state index in [0.29, 0.717) is 51.6 Å². The van der Waals surface area contributed by atoms with E-state index in [1.54, 1.807) is 20.8 Å². The van der Waals surface area contributed by atoms with Crippen molar-refractivity contribution in [3.8, 4) is 0 Å². The van der Waals surface area contributed by atoms with Crippen LogP contribution in [0.3, 0.4) is 0 Å². The van der Waals surface area contributed by atoms with Crippen LogP contribution in [0.4, 0.5) is 4.79 Å². The van der Waals surface area contributed by atoms with Gasteiger partial charge in [-0.05, 0) is 77.2 Å². The number of nitrogens with two attached hydrogens (primary N) is 2. The molecule has 1 aromatic carbocycles. The summed E-state index contributed by atoms with van der Waals surface area (Å²) in [6.45, 7) is 9.92. The summed E-state index contributed by atoms with van der Waals surface area (Å²) in [6.07, 6.45) is 2.57. The molecule has 12 heteroatoms. The molecule has 1 aliphatic rings. The zero-order chi connectivity index (χ0) is 32.2. The first-order valence-electron chi connectivity index (χ1n) is 15.1. The number of ether oxygens (including phenoxy) is 1. The first kappa shape index (κ1) is 35.5. The van der Waals surface area contributed by atoms with Gasteiger partial charge in [-0.3, -0.25) is 19.2 Å². The molecule has 0 aliphatic carbocycles. The summed E-state index contributed by atoms with van der Waals surface area (Å²) in [5, 5.41) is 8.19. The number of hydrogen-bond acceptors (Lipinski definition) is 7. The van der Waals surface area contributed by atoms with Gasteiger partial charge in [0.25, 0.3) is 0 Å². The summed E-state index contributed by atoms with van der Waals surface area (Å²) in [5.41, 5.74) is 12.0. The molecule has 0 spiro atoms. The van der Waals surface area contributed by atoms with Gasteiger partial charge in [0, 0.05) is 13.1 Å². The Morgan fingerprint density at radius 3 is 2.30 bits per heavy atom. The second-order valence-electron chi connectivity index (χ2n) is 12.6. The van der Waals surface area contributed by atoms with Gasteiger partial charge in [-0.1, -0.05) is 44.2 Å². The van der Waals surface area contributed by atoms with Crippen molar-refractivity contribution in [3.05, 3.63) is 35.9 Å². The Kier molecular flexibility index (Phi) is 13.9. The second-order valence-corrected chi connectivity index (χ2v) is 12.6. The van der Waals surface area contributed by atoms with Gasteiger partial charge in [-0.15, -0.1) is 0 Å². The minimum Gasteiger partial charge on any atom is -0.444 e. The Balaban J connectivity index is 1.96. The van der Waals surface area contributed by atoms with E-state index < -0.39 is 53.6 Å². The fourth-order valence-corrected chi connectivity index (χ4v) is 4.97. The topological polar surface area (TPSA) is 186 Å². The number of hydrogen-bond donors (Lipinski definition) is 5. The molecule has 43 heavy (non-hydrogen) atoms. The summed E-state index contributed by atoms with van der Waals surface area (Å²) >= 11 is 0. The van der Waals surface area contributed by atoms with Crippen molar-refractivity contribution in [3.63, 3.8) is 0 Å². The third kappa shape index (κ3) is 12.6. The fourth-order valence-electron chi connectivity index (χ4n) is 4.97. The van der Waals surface area contributed by atoms with Gasteiger partial charge < -0.3 is 37.1 Å². The van der Waals surface area contributed by atoms with Crippen LogP contribution in [0.2, 0.25) is 0 Å². The van der Waals surface area contributed by atoms with E-state index in [1.807, 2.05) is 44.2 Å². The Labute approximate surface area is 255 Å². The number of nitrogens with one attached hydrogen (secondary N) is 3. The maximum atomic E-state index is 13.7. The lowest BCUT2D eigenvalue weighted by Crippen LogP contribution is -2.57. The number of carbonyl (C=O) groups excluding carboxylic acids is 5. The highest BCUT2D eigenvalue weighted by molar-refractivity contribution is 5.95. The Morgan fingerprint density at radius 1 is 1.02 bits per heavy atom. The lowest BCUT2D eigenvalue weighted by molar-refractivity contribution is -0.142. The van der Waals surface area contributed by atoms with Crippen molar-refractivity contribution in [2.24, 2.45) is 17.4 Å². The molecular weight excluding hydrogens is 552 g/mol. The van der Waals surface area contributed by atoms with E-state index in [9.17, 15) is 24.0 Å². The maximum absolute atomic E-state index is 13.7. The number of likely N-dealkylation sites (tertiary alicyclic amines) is 1. The third-order valence-electron chi connectivity index (χ3n) is 7.04. The molecule has 0 radical (unpaired) electrons. The van der Waals surface area contributed by atoms with Crippen molar-refractivity contribution < 1.29 is 28.7 Å². The zero-order valence-corrected chi connectivity index (χ0v) is 26.2. The second kappa shape index (κ2) is 16.8. The minimum atomic E-state index is -0.922. The number of carbonyl (C=O) groups is 5. The van der Waals surface area contributed by atoms with E-state index in [1.165, 1.54) is 4.90 Å². The molecule has 1 heterocycles. The van der Waals surface area contributed by atoms with Crippen LogP contribution in [0.1, 0.15) is 78.7 Å². The van der Waals surface area contributed by atoms with Crippen LogP contribution in [0.5, 0.6) is 0 Å². The van der Waals surface area contributed by atoms with Gasteiger partial charge >= 0.3 is 6.09 Å². The fraction of sp³-hybridized carbons (Fsp3) is 0.645. The molecule has 240 valence electrons. The molecule has 1 fully saturated rings. The van der Waals surface area contributed by atoms with Gasteiger partial charge in [0.15, 0.2) is 0 Å². The molecule has 0 aromatic heterocycles. The van der Waals surface area contributed by atoms with Crippen molar-refractivity contribution in [2.45, 2.75) is 109 Å². The molecule has 5 amide bonds. The molecule has 1 aliphatic heterocycles. The van der Waals surface area contributed by atoms with Crippen LogP contribution in [-0.2, 0) is 30.3 Å². The standard InChI is InChI=1S/C31H50N6O6/c1-20(2)18-24(36-27(39)22(32)19-21-12-7-6-8-13-21)29(41)37-17-11-15-25(37)28(40)35-23(26(33)38)14-9-10-16-34-30(42)43-31(3,4)5/h6-8,12-13,20,22-25H,9-11,14-19,32H2,1-5H3,(H2,33,38)(H,34,42)(H,35,40)(H,36,39)/t22-,23-,24-,25-/m0/s1. The van der Waals surface area contributed by atoms with Crippen LogP contribution in [0.25, 0.3) is 0 Å². The first-order chi connectivity index (χ1) is 20.2. The lowest BCUT2D eigenvalue weighted by Gasteiger charge is -2.30. The first-order valence-corrected chi connectivity index (χ1v) is 15.1. The predicted octanol–water partition coefficient (Wildman–Crippen LogP) is 1.74. The molecule has 1 aromatic rings. The van der Waals surface area contributed by atoms with Crippen LogP contribution in [0.15, 0.2) is 30.3 Å². The summed E-state index contributed by atoms with van der Waals surface area (Å²) in [4.78, 5) is 65.3. The number of amides is 5. The summed E-state index contributed by atoms with van der Waals surface area (Å²) in [6, 6.07) is 6.02. The van der Waals surface area contributed by atoms with Gasteiger partial charge in [-0.2, -0.15) is 0 Å². The number of benzene rings is 1. The van der Waals surface area contributed by atoms with Gasteiger partial charge in [-0.25, -0.2) is 4.79 Å². The average molecular weight is 603 g/mol. The van der Waals surface area contributed by atoms with E-state index in [-0.39, 0.29) is 18.2 Å². The highest BCUT2D eigenvalue weighted by Crippen LogP contribution is 2.21. The van der Waals surface area contributed by atoms with Crippen LogP contribution < -0.4 is 27.4 Å². The number of primary amides is 1. The number of alkyl carbamates (subject to hydrolysis) is 1. The van der Waals surface area contributed by atoms with Crippen molar-refractivity contribution in [1.82, 2.24) is 20.9 Å². The summed E-state index contributed by atoms with van der Waals surface area (Å²) in [5.74, 6) is -1.83. The molecule has 4 atom stereocenters. The summed E-state index contributed by atoms with van der Waals surface area (Å²) in [7, 11) is 0. The average Bonchev–Trinajstić information content (AvgIpc) is 3.40. The molecule has 7 N–H and O–H groups in total. The highest BCUT2D eigenvalue weighted by Gasteiger charge is 2.39. The molecule has 0 saturated carbocycles. The lowest BCUT2D eigenvalue weighted by atomic mass is 10.0. The Morgan fingerprint density at radius 2 is 1.70 bits per heavy atom. The Bertz CT molecular complexity index is 1090. The maximum Gasteiger partial charge on any atom is 0.407 e. The molecule has 1 saturated heterocycles. The molecule has 0 bridgehead atoms. The van der Waals surface area contributed by atoms with Crippen molar-refractivity contribution in [2.75, 3.05) is 13.1 Å². The van der Waals surface area contributed by atoms with E-state index in [0.717, 1.165) is 5.56 Å². The monoisotopic (exact) mass is 602 g/mol. The molecule has 0 unspecified atom stereocenters. The third-order valence-corrected chi connectivity index (χ3v) is 7.04. The van der Waals surface area contributed by atoms with Crippen LogP contribution in [0, 0.1) is 5.92 Å². The van der Waals surface area contributed by atoms with Gasteiger partial charge in [0.2, 0.25) is 23.6 Å². The van der Waals surface area contributed by atoms with Crippen molar-refractivity contribution in [1.29, 1.82) is 0 Å². The largest absolute Gasteiger partial charge is 0.444 e. The van der Waals surface area contributed by atoms with Gasteiger partial charge in [0.1, 0.15) is 23.7 Å². The molecule has 12 nitrogen and oxygen atoms in total. The number of nitrogens with zero attached hydrogens (tertiary/aromatic N) is 1. The smallest absolute Gasteiger partial charge is 0.407 e. The minimum absolute atomic E-state index is 0.0959. The molecule has 2 rings (SSSR count). The van der Waals surface area contributed by atoms with Gasteiger partial charge in [0.05, 0.1) is 6.04 Å². The van der Waals surface area contributed by atoms with Crippen molar-refractivity contribution >= 4 is 29.7 Å². The number of unbranched alkanes of at least 4 members (excludes halogenated alkanes) is 1.